The third-order valence-electron chi connectivity index (χ3n) is 1.56. The maximum absolute atomic E-state index is 11.1. The summed E-state index contributed by atoms with van der Waals surface area (Å²) < 4.78 is 15.4. The van der Waals surface area contributed by atoms with Crippen LogP contribution in [0.4, 0.5) is 0 Å². The summed E-state index contributed by atoms with van der Waals surface area (Å²) in [5.41, 5.74) is -0.731. The van der Waals surface area contributed by atoms with Gasteiger partial charge in [-0.3, -0.25) is 9.36 Å². The molecule has 0 saturated carbocycles. The summed E-state index contributed by atoms with van der Waals surface area (Å²) >= 11 is 0. The van der Waals surface area contributed by atoms with Gasteiger partial charge in [0.2, 0.25) is 0 Å². The fourth-order valence-electron chi connectivity index (χ4n) is 1.22. The highest BCUT2D eigenvalue weighted by Gasteiger charge is 2.30. The van der Waals surface area contributed by atoms with Gasteiger partial charge in [-0.25, -0.2) is 0 Å². The Balaban J connectivity index is 4.20. The Morgan fingerprint density at radius 2 is 1.93 bits per heavy atom. The Labute approximate surface area is 83.6 Å². The van der Waals surface area contributed by atoms with Crippen molar-refractivity contribution in [2.24, 2.45) is 5.41 Å². The van der Waals surface area contributed by atoms with Crippen LogP contribution in [0.3, 0.4) is 0 Å². The van der Waals surface area contributed by atoms with Gasteiger partial charge < -0.3 is 14.5 Å². The second-order valence-electron chi connectivity index (χ2n) is 3.97. The molecule has 2 N–H and O–H groups in total. The second kappa shape index (κ2) is 4.91. The van der Waals surface area contributed by atoms with Crippen molar-refractivity contribution >= 4 is 13.6 Å². The van der Waals surface area contributed by atoms with Crippen molar-refractivity contribution in [3.8, 4) is 0 Å². The number of ether oxygens (including phenoxy) is 1. The lowest BCUT2D eigenvalue weighted by Crippen LogP contribution is -2.22. The van der Waals surface area contributed by atoms with Gasteiger partial charge in [-0.15, -0.1) is 0 Å². The van der Waals surface area contributed by atoms with Crippen molar-refractivity contribution in [2.75, 3.05) is 12.8 Å². The van der Waals surface area contributed by atoms with Gasteiger partial charge in [-0.2, -0.15) is 0 Å². The molecule has 84 valence electrons. The molecule has 0 radical (unpaired) electrons. The average Bonchev–Trinajstić information content (AvgIpc) is 1.78. The smallest absolute Gasteiger partial charge is 0.326 e. The first kappa shape index (κ1) is 13.6. The number of carbonyl (C=O) groups excluding carboxylic acids is 1. The van der Waals surface area contributed by atoms with Crippen molar-refractivity contribution in [3.05, 3.63) is 0 Å². The lowest BCUT2D eigenvalue weighted by molar-refractivity contribution is -0.145. The first-order chi connectivity index (χ1) is 6.16. The summed E-state index contributed by atoms with van der Waals surface area (Å²) in [6.45, 7) is 5.23. The second-order valence-corrected chi connectivity index (χ2v) is 5.61. The molecule has 0 aromatic heterocycles. The minimum absolute atomic E-state index is 0.0198. The molecule has 0 aromatic rings. The minimum atomic E-state index is -4.07. The van der Waals surface area contributed by atoms with Gasteiger partial charge >= 0.3 is 13.6 Å². The van der Waals surface area contributed by atoms with Crippen LogP contribution in [-0.4, -0.2) is 28.5 Å². The molecule has 0 saturated heterocycles. The van der Waals surface area contributed by atoms with Crippen LogP contribution in [0.5, 0.6) is 0 Å². The first-order valence-electron chi connectivity index (χ1n) is 4.36. The topological polar surface area (TPSA) is 83.8 Å². The van der Waals surface area contributed by atoms with E-state index in [0.29, 0.717) is 0 Å². The molecule has 0 aliphatic carbocycles. The summed E-state index contributed by atoms with van der Waals surface area (Å²) in [4.78, 5) is 28.6. The highest BCUT2D eigenvalue weighted by Crippen LogP contribution is 2.43. The normalized spacial score (nSPS) is 12.6. The van der Waals surface area contributed by atoms with Gasteiger partial charge in [0, 0.05) is 0 Å². The maximum Gasteiger partial charge on any atom is 0.326 e. The fraction of sp³-hybridized carbons (Fsp3) is 0.875. The van der Waals surface area contributed by atoms with E-state index < -0.39 is 19.0 Å². The Hall–Kier alpha value is -0.380. The van der Waals surface area contributed by atoms with Crippen molar-refractivity contribution in [1.82, 2.24) is 0 Å². The van der Waals surface area contributed by atoms with Crippen LogP contribution >= 0.6 is 7.60 Å². The van der Waals surface area contributed by atoms with Crippen LogP contribution in [0.15, 0.2) is 0 Å². The summed E-state index contributed by atoms with van der Waals surface area (Å²) in [7, 11) is -4.07. The number of hydrogen-bond acceptors (Lipinski definition) is 3. The summed E-state index contributed by atoms with van der Waals surface area (Å²) in [6.07, 6.45) is -0.287. The first-order valence-corrected chi connectivity index (χ1v) is 6.16. The molecule has 0 unspecified atom stereocenters. The van der Waals surface area contributed by atoms with Gasteiger partial charge in [0.15, 0.2) is 0 Å². The van der Waals surface area contributed by atoms with Crippen molar-refractivity contribution in [1.29, 1.82) is 0 Å². The molecule has 0 fully saturated rings. The van der Waals surface area contributed by atoms with Crippen molar-refractivity contribution in [3.63, 3.8) is 0 Å². The number of hydrogen-bond donors (Lipinski definition) is 2. The Morgan fingerprint density at radius 3 is 2.29 bits per heavy atom. The van der Waals surface area contributed by atoms with E-state index in [1.54, 1.807) is 20.8 Å². The predicted octanol–water partition coefficient (Wildman–Crippen LogP) is 1.14. The van der Waals surface area contributed by atoms with Crippen LogP contribution in [0.1, 0.15) is 27.2 Å². The maximum atomic E-state index is 11.1. The van der Waals surface area contributed by atoms with E-state index in [1.165, 1.54) is 0 Å². The molecule has 14 heavy (non-hydrogen) atoms. The monoisotopic (exact) mass is 224 g/mol. The molecule has 5 nitrogen and oxygen atoms in total. The Morgan fingerprint density at radius 1 is 1.43 bits per heavy atom. The Kier molecular flexibility index (Phi) is 4.78. The molecule has 0 aliphatic rings. The fourth-order valence-corrected chi connectivity index (χ4v) is 2.44. The van der Waals surface area contributed by atoms with E-state index in [2.05, 4.69) is 0 Å². The average molecular weight is 224 g/mol. The minimum Gasteiger partial charge on any atom is -0.466 e. The molecule has 0 aromatic carbocycles. The third kappa shape index (κ3) is 7.06. The number of rotatable bonds is 5. The molecule has 0 spiro atoms. The van der Waals surface area contributed by atoms with E-state index >= 15 is 0 Å². The molecule has 0 atom stereocenters. The van der Waals surface area contributed by atoms with E-state index in [0.717, 1.165) is 0 Å². The molecular formula is C8H17O5P. The van der Waals surface area contributed by atoms with Crippen LogP contribution in [0.25, 0.3) is 0 Å². The highest BCUT2D eigenvalue weighted by molar-refractivity contribution is 7.51. The van der Waals surface area contributed by atoms with Gasteiger partial charge in [0.05, 0.1) is 19.2 Å². The van der Waals surface area contributed by atoms with Crippen LogP contribution < -0.4 is 0 Å². The van der Waals surface area contributed by atoms with E-state index in [-0.39, 0.29) is 19.2 Å². The molecule has 6 heteroatoms. The number of esters is 1. The molecule has 0 rings (SSSR count). The zero-order valence-corrected chi connectivity index (χ0v) is 9.58. The lowest BCUT2D eigenvalue weighted by atomic mass is 9.92. The zero-order chi connectivity index (χ0) is 11.4. The predicted molar refractivity (Wildman–Crippen MR) is 51.9 cm³/mol. The standard InChI is InChI=1S/C8H17O5P/c1-4-13-7(9)5-8(2,3)6-14(10,11)12/h4-6H2,1-3H3,(H2,10,11,12). The zero-order valence-electron chi connectivity index (χ0n) is 8.69. The highest BCUT2D eigenvalue weighted by atomic mass is 31.2. The molecule has 0 aliphatic heterocycles. The SMILES string of the molecule is CCOC(=O)CC(C)(C)CP(=O)(O)O. The van der Waals surface area contributed by atoms with Gasteiger partial charge in [-0.1, -0.05) is 13.8 Å². The summed E-state index contributed by atoms with van der Waals surface area (Å²) in [5, 5.41) is 0. The van der Waals surface area contributed by atoms with Crippen LogP contribution in [0.2, 0.25) is 0 Å². The van der Waals surface area contributed by atoms with Gasteiger partial charge in [0.25, 0.3) is 0 Å². The van der Waals surface area contributed by atoms with Crippen molar-refractivity contribution in [2.45, 2.75) is 27.2 Å². The van der Waals surface area contributed by atoms with E-state index in [1.807, 2.05) is 0 Å². The number of carbonyl (C=O) groups is 1. The quantitative estimate of drug-likeness (QED) is 0.540. The molecule has 0 bridgehead atoms. The largest absolute Gasteiger partial charge is 0.466 e. The Bertz CT molecular complexity index is 242. The van der Waals surface area contributed by atoms with Crippen molar-refractivity contribution < 1.29 is 23.9 Å². The van der Waals surface area contributed by atoms with Gasteiger partial charge in [-0.05, 0) is 12.3 Å². The van der Waals surface area contributed by atoms with Crippen LogP contribution in [0, 0.1) is 5.41 Å². The third-order valence-corrected chi connectivity index (χ3v) is 2.83. The summed E-state index contributed by atoms with van der Waals surface area (Å²) in [5.74, 6) is -0.425. The van der Waals surface area contributed by atoms with E-state index in [4.69, 9.17) is 14.5 Å². The molecular weight excluding hydrogens is 207 g/mol. The lowest BCUT2D eigenvalue weighted by Gasteiger charge is -2.23. The molecule has 0 amide bonds. The van der Waals surface area contributed by atoms with E-state index in [9.17, 15) is 9.36 Å². The molecule has 0 heterocycles. The summed E-state index contributed by atoms with van der Waals surface area (Å²) in [6, 6.07) is 0. The van der Waals surface area contributed by atoms with Crippen LogP contribution in [-0.2, 0) is 14.1 Å². The van der Waals surface area contributed by atoms with Gasteiger partial charge in [0.1, 0.15) is 0 Å².